The lowest BCUT2D eigenvalue weighted by atomic mass is 9.79. The molecule has 13 atom stereocenters. The van der Waals surface area contributed by atoms with Crippen LogP contribution in [-0.4, -0.2) is 99.7 Å². The second kappa shape index (κ2) is 19.6. The summed E-state index contributed by atoms with van der Waals surface area (Å²) in [5, 5.41) is 33.9. The van der Waals surface area contributed by atoms with Gasteiger partial charge in [-0.25, -0.2) is 4.79 Å². The van der Waals surface area contributed by atoms with Crippen molar-refractivity contribution in [1.29, 1.82) is 0 Å². The number of cyclic esters (lactones) is 1. The smallest absolute Gasteiger partial charge is 0.329 e. The minimum atomic E-state index is -2.32. The Balaban J connectivity index is 1.74. The average Bonchev–Trinajstić information content (AvgIpc) is 3.15. The molecule has 7 unspecified atom stereocenters. The standard InChI is InChI=1S/C43H69NO10/c1-9-31-20-25(3)19-26(4)21-32(10-2)37-17-14-28(6)43(51,54-37)40(48)41(49)44-18-12-11-13-33(44)42(50)53-39(29(7)35(46)24-36(31)47)27(5)22-30-15-16-34(45)38(23-30)52-8/h20,22,26,28-35,37-39,45-46,51H,9-19,21,23-24H2,1-8H3/b25-20+,27-22+/t26-,28+,29+,30-,31+,32-,33?,34?,35?,37?,38?,39?,43?/m0/s1. The summed E-state index contributed by atoms with van der Waals surface area (Å²) in [5.41, 5.74) is 1.77. The van der Waals surface area contributed by atoms with Gasteiger partial charge >= 0.3 is 5.97 Å². The van der Waals surface area contributed by atoms with Crippen LogP contribution in [0.1, 0.15) is 132 Å². The molecule has 11 nitrogen and oxygen atoms in total. The number of hydrogen-bond donors (Lipinski definition) is 3. The van der Waals surface area contributed by atoms with E-state index in [4.69, 9.17) is 14.2 Å². The maximum Gasteiger partial charge on any atom is 0.329 e. The van der Waals surface area contributed by atoms with Gasteiger partial charge in [-0.2, -0.15) is 0 Å². The summed E-state index contributed by atoms with van der Waals surface area (Å²) < 4.78 is 18.1. The molecule has 1 saturated carbocycles. The highest BCUT2D eigenvalue weighted by Crippen LogP contribution is 2.40. The van der Waals surface area contributed by atoms with E-state index in [2.05, 4.69) is 13.8 Å². The molecular weight excluding hydrogens is 690 g/mol. The molecule has 2 saturated heterocycles. The molecule has 1 amide bonds. The van der Waals surface area contributed by atoms with Crippen LogP contribution < -0.4 is 0 Å². The van der Waals surface area contributed by atoms with Gasteiger partial charge in [0.1, 0.15) is 17.9 Å². The Kier molecular flexibility index (Phi) is 16.1. The summed E-state index contributed by atoms with van der Waals surface area (Å²) in [6.07, 6.45) is 7.88. The van der Waals surface area contributed by atoms with Crippen LogP contribution in [0.5, 0.6) is 0 Å². The van der Waals surface area contributed by atoms with E-state index in [0.29, 0.717) is 56.9 Å². The first-order valence-electron chi connectivity index (χ1n) is 20.8. The van der Waals surface area contributed by atoms with Gasteiger partial charge in [0.15, 0.2) is 0 Å². The van der Waals surface area contributed by atoms with Crippen molar-refractivity contribution in [3.05, 3.63) is 23.3 Å². The lowest BCUT2D eigenvalue weighted by Crippen LogP contribution is -2.61. The van der Waals surface area contributed by atoms with Crippen LogP contribution in [0, 0.1) is 35.5 Å². The molecule has 4 rings (SSSR count). The molecule has 1 aliphatic carbocycles. The maximum atomic E-state index is 14.2. The number of hydrogen-bond acceptors (Lipinski definition) is 10. The van der Waals surface area contributed by atoms with Crippen molar-refractivity contribution in [2.24, 2.45) is 35.5 Å². The van der Waals surface area contributed by atoms with Crippen molar-refractivity contribution < 1.29 is 48.7 Å². The predicted octanol–water partition coefficient (Wildman–Crippen LogP) is 5.86. The first kappa shape index (κ1) is 44.3. The van der Waals surface area contributed by atoms with E-state index in [1.54, 1.807) is 21.0 Å². The highest BCUT2D eigenvalue weighted by Gasteiger charge is 2.53. The van der Waals surface area contributed by atoms with E-state index in [1.165, 1.54) is 4.90 Å². The zero-order chi connectivity index (χ0) is 39.9. The third-order valence-corrected chi connectivity index (χ3v) is 13.0. The monoisotopic (exact) mass is 759 g/mol. The molecule has 54 heavy (non-hydrogen) atoms. The van der Waals surface area contributed by atoms with E-state index in [1.807, 2.05) is 32.9 Å². The summed E-state index contributed by atoms with van der Waals surface area (Å²) in [7, 11) is 1.57. The van der Waals surface area contributed by atoms with Crippen molar-refractivity contribution in [2.75, 3.05) is 13.7 Å². The number of aliphatic hydroxyl groups excluding tert-OH is 2. The first-order valence-corrected chi connectivity index (χ1v) is 20.8. The van der Waals surface area contributed by atoms with Crippen LogP contribution in [-0.2, 0) is 33.4 Å². The summed E-state index contributed by atoms with van der Waals surface area (Å²) in [4.78, 5) is 57.4. The van der Waals surface area contributed by atoms with Gasteiger partial charge in [0, 0.05) is 37.8 Å². The molecule has 3 heterocycles. The molecule has 306 valence electrons. The fraction of sp³-hybridized carbons (Fsp3) is 0.814. The Morgan fingerprint density at radius 2 is 1.69 bits per heavy atom. The van der Waals surface area contributed by atoms with Crippen molar-refractivity contribution in [1.82, 2.24) is 4.90 Å². The van der Waals surface area contributed by atoms with E-state index in [-0.39, 0.29) is 54.9 Å². The van der Waals surface area contributed by atoms with Crippen LogP contribution in [0.4, 0.5) is 0 Å². The van der Waals surface area contributed by atoms with Gasteiger partial charge in [-0.1, -0.05) is 58.8 Å². The number of fused-ring (bicyclic) bond motifs is 3. The van der Waals surface area contributed by atoms with Crippen LogP contribution in [0.2, 0.25) is 0 Å². The molecular formula is C43H69NO10. The van der Waals surface area contributed by atoms with Gasteiger partial charge in [-0.3, -0.25) is 14.4 Å². The second-order valence-electron chi connectivity index (χ2n) is 17.2. The number of Topliss-reactive ketones (excluding diaryl/α,β-unsaturated/α-hetero) is 2. The topological polar surface area (TPSA) is 160 Å². The van der Waals surface area contributed by atoms with Gasteiger partial charge < -0.3 is 34.4 Å². The van der Waals surface area contributed by atoms with Crippen LogP contribution in [0.15, 0.2) is 23.3 Å². The number of carbonyl (C=O) groups is 4. The normalized spacial score (nSPS) is 41.3. The number of allylic oxidation sites excluding steroid dienone is 3. The number of ether oxygens (including phenoxy) is 3. The molecule has 0 aromatic heterocycles. The van der Waals surface area contributed by atoms with Crippen molar-refractivity contribution in [3.8, 4) is 0 Å². The molecule has 3 aliphatic heterocycles. The van der Waals surface area contributed by atoms with E-state index in [0.717, 1.165) is 24.8 Å². The number of carbonyl (C=O) groups excluding carboxylic acids is 4. The maximum absolute atomic E-state index is 14.2. The van der Waals surface area contributed by atoms with Gasteiger partial charge in [0.2, 0.25) is 5.79 Å². The molecule has 11 heteroatoms. The first-order chi connectivity index (χ1) is 25.5. The van der Waals surface area contributed by atoms with Gasteiger partial charge in [-0.15, -0.1) is 0 Å². The Morgan fingerprint density at radius 1 is 0.963 bits per heavy atom. The molecule has 0 aromatic carbocycles. The molecule has 3 fully saturated rings. The minimum Gasteiger partial charge on any atom is -0.456 e. The number of aliphatic hydroxyl groups is 3. The lowest BCUT2D eigenvalue weighted by molar-refractivity contribution is -0.271. The van der Waals surface area contributed by atoms with E-state index in [9.17, 15) is 34.5 Å². The summed E-state index contributed by atoms with van der Waals surface area (Å²) in [5.74, 6) is -6.52. The number of esters is 1. The van der Waals surface area contributed by atoms with Gasteiger partial charge in [-0.05, 0) is 108 Å². The number of amides is 1. The number of rotatable bonds is 5. The Bertz CT molecular complexity index is 1380. The number of nitrogens with zero attached hydrogens (tertiary/aromatic N) is 1. The summed E-state index contributed by atoms with van der Waals surface area (Å²) >= 11 is 0. The zero-order valence-corrected chi connectivity index (χ0v) is 34.1. The number of methoxy groups -OCH3 is 1. The van der Waals surface area contributed by atoms with Crippen LogP contribution >= 0.6 is 0 Å². The highest BCUT2D eigenvalue weighted by molar-refractivity contribution is 6.39. The average molecular weight is 760 g/mol. The third-order valence-electron chi connectivity index (χ3n) is 13.0. The second-order valence-corrected chi connectivity index (χ2v) is 17.2. The van der Waals surface area contributed by atoms with Crippen molar-refractivity contribution >= 4 is 23.4 Å². The van der Waals surface area contributed by atoms with Crippen LogP contribution in [0.3, 0.4) is 0 Å². The quantitative estimate of drug-likeness (QED) is 0.176. The third kappa shape index (κ3) is 10.5. The zero-order valence-electron chi connectivity index (χ0n) is 34.1. The SMILES string of the molecule is CC[C@H]1C[C@@H](C)C/C(C)=C/[C@@H](CC)C(=O)CC(O)[C@@H](C)C(/C(C)=C/[C@@H]2CCC(O)C(OC)C2)OC(=O)C2CCCCN2C(=O)C(=O)C2(O)OC1CC[C@H]2C. The minimum absolute atomic E-state index is 0.0212. The number of piperidine rings is 1. The lowest BCUT2D eigenvalue weighted by Gasteiger charge is -2.44. The molecule has 0 aromatic rings. The highest BCUT2D eigenvalue weighted by atomic mass is 16.6. The molecule has 0 spiro atoms. The Hall–Kier alpha value is -2.44. The van der Waals surface area contributed by atoms with Crippen LogP contribution in [0.25, 0.3) is 0 Å². The van der Waals surface area contributed by atoms with Gasteiger partial charge in [0.05, 0.1) is 24.4 Å². The largest absolute Gasteiger partial charge is 0.456 e. The fourth-order valence-electron chi connectivity index (χ4n) is 9.49. The fourth-order valence-corrected chi connectivity index (χ4v) is 9.49. The Labute approximate surface area is 323 Å². The van der Waals surface area contributed by atoms with Gasteiger partial charge in [0.25, 0.3) is 11.7 Å². The van der Waals surface area contributed by atoms with Crippen molar-refractivity contribution in [2.45, 2.75) is 174 Å². The molecule has 2 bridgehead atoms. The number of ketones is 2. The molecule has 4 aliphatic rings. The van der Waals surface area contributed by atoms with E-state index < -0.39 is 65.7 Å². The summed E-state index contributed by atoms with van der Waals surface area (Å²) in [6.45, 7) is 13.7. The van der Waals surface area contributed by atoms with E-state index >= 15 is 0 Å². The summed E-state index contributed by atoms with van der Waals surface area (Å²) in [6, 6.07) is -1.08. The molecule has 0 radical (unpaired) electrons. The predicted molar refractivity (Wildman–Crippen MR) is 205 cm³/mol. The molecule has 3 N–H and O–H groups in total. The van der Waals surface area contributed by atoms with Crippen molar-refractivity contribution in [3.63, 3.8) is 0 Å². The Morgan fingerprint density at radius 3 is 2.35 bits per heavy atom.